The van der Waals surface area contributed by atoms with Crippen molar-refractivity contribution in [2.24, 2.45) is 0 Å². The highest BCUT2D eigenvalue weighted by molar-refractivity contribution is 5.81. The Balaban J connectivity index is 1.86. The van der Waals surface area contributed by atoms with Crippen LogP contribution in [0.2, 0.25) is 0 Å². The van der Waals surface area contributed by atoms with E-state index in [0.29, 0.717) is 22.5 Å². The van der Waals surface area contributed by atoms with Crippen molar-refractivity contribution in [3.63, 3.8) is 0 Å². The normalized spacial score (nSPS) is 18.8. The second kappa shape index (κ2) is 5.73. The van der Waals surface area contributed by atoms with Gasteiger partial charge in [0.25, 0.3) is 5.56 Å². The summed E-state index contributed by atoms with van der Waals surface area (Å²) in [7, 11) is 1.92. The zero-order valence-electron chi connectivity index (χ0n) is 12.1. The molecule has 0 amide bonds. The maximum atomic E-state index is 12.1. The summed E-state index contributed by atoms with van der Waals surface area (Å²) in [6.07, 6.45) is 3.58. The number of nitrogens with two attached hydrogens (primary N) is 1. The van der Waals surface area contributed by atoms with Gasteiger partial charge in [-0.15, -0.1) is 0 Å². The van der Waals surface area contributed by atoms with Gasteiger partial charge in [0, 0.05) is 25.9 Å². The van der Waals surface area contributed by atoms with Gasteiger partial charge < -0.3 is 15.4 Å². The average molecular weight is 288 g/mol. The summed E-state index contributed by atoms with van der Waals surface area (Å²) in [6, 6.07) is 5.17. The van der Waals surface area contributed by atoms with E-state index in [9.17, 15) is 4.79 Å². The van der Waals surface area contributed by atoms with E-state index in [-0.39, 0.29) is 11.7 Å². The number of ether oxygens (including phenoxy) is 1. The summed E-state index contributed by atoms with van der Waals surface area (Å²) < 4.78 is 5.73. The molecule has 0 bridgehead atoms. The van der Waals surface area contributed by atoms with Crippen molar-refractivity contribution < 1.29 is 4.74 Å². The zero-order chi connectivity index (χ0) is 14.8. The number of aromatic amines is 1. The third-order valence-electron chi connectivity index (χ3n) is 3.83. The van der Waals surface area contributed by atoms with Crippen molar-refractivity contribution in [1.82, 2.24) is 9.97 Å². The standard InChI is InChI=1S/C15H20N4O2/c1-19(9-11-4-2-3-7-21-11)15-17-13-6-5-10(16)8-12(13)14(20)18-15/h5-6,8,11H,2-4,7,9,16H2,1H3,(H,17,18,20). The number of likely N-dealkylation sites (N-methyl/N-ethyl adjacent to an activating group) is 1. The fraction of sp³-hybridized carbons (Fsp3) is 0.467. The van der Waals surface area contributed by atoms with Crippen molar-refractivity contribution in [1.29, 1.82) is 0 Å². The Kier molecular flexibility index (Phi) is 3.79. The van der Waals surface area contributed by atoms with Gasteiger partial charge in [0.2, 0.25) is 5.95 Å². The highest BCUT2D eigenvalue weighted by Gasteiger charge is 2.17. The molecule has 0 radical (unpaired) electrons. The van der Waals surface area contributed by atoms with Crippen molar-refractivity contribution in [2.75, 3.05) is 30.8 Å². The molecule has 1 aromatic carbocycles. The number of nitrogens with zero attached hydrogens (tertiary/aromatic N) is 2. The second-order valence-corrected chi connectivity index (χ2v) is 5.54. The molecule has 0 saturated carbocycles. The number of benzene rings is 1. The van der Waals surface area contributed by atoms with Gasteiger partial charge in [-0.2, -0.15) is 0 Å². The Labute approximate surface area is 122 Å². The first-order valence-electron chi connectivity index (χ1n) is 7.26. The molecule has 1 fully saturated rings. The van der Waals surface area contributed by atoms with Gasteiger partial charge in [-0.05, 0) is 37.5 Å². The maximum absolute atomic E-state index is 12.1. The molecule has 112 valence electrons. The molecule has 1 atom stereocenters. The monoisotopic (exact) mass is 288 g/mol. The number of anilines is 2. The van der Waals surface area contributed by atoms with E-state index in [1.807, 2.05) is 11.9 Å². The van der Waals surface area contributed by atoms with Crippen molar-refractivity contribution in [3.05, 3.63) is 28.6 Å². The maximum Gasteiger partial charge on any atom is 0.260 e. The predicted octanol–water partition coefficient (Wildman–Crippen LogP) is 1.51. The minimum atomic E-state index is -0.168. The van der Waals surface area contributed by atoms with Gasteiger partial charge in [0.05, 0.1) is 17.0 Å². The quantitative estimate of drug-likeness (QED) is 0.836. The summed E-state index contributed by atoms with van der Waals surface area (Å²) in [5.74, 6) is 0.562. The molecule has 0 spiro atoms. The molecule has 1 aromatic heterocycles. The van der Waals surface area contributed by atoms with Crippen LogP contribution in [0.1, 0.15) is 19.3 Å². The molecule has 1 saturated heterocycles. The van der Waals surface area contributed by atoms with Crippen LogP contribution in [0, 0.1) is 0 Å². The number of fused-ring (bicyclic) bond motifs is 1. The van der Waals surface area contributed by atoms with Gasteiger partial charge in [0.15, 0.2) is 0 Å². The minimum Gasteiger partial charge on any atom is -0.399 e. The number of nitrogen functional groups attached to an aromatic ring is 1. The zero-order valence-corrected chi connectivity index (χ0v) is 12.1. The number of hydrogen-bond donors (Lipinski definition) is 2. The molecule has 1 aliphatic heterocycles. The van der Waals surface area contributed by atoms with Crippen LogP contribution in [0.4, 0.5) is 11.6 Å². The van der Waals surface area contributed by atoms with Gasteiger partial charge >= 0.3 is 0 Å². The predicted molar refractivity (Wildman–Crippen MR) is 83.6 cm³/mol. The van der Waals surface area contributed by atoms with E-state index < -0.39 is 0 Å². The number of nitrogens with one attached hydrogen (secondary N) is 1. The van der Waals surface area contributed by atoms with E-state index in [1.165, 1.54) is 6.42 Å². The lowest BCUT2D eigenvalue weighted by atomic mass is 10.1. The topological polar surface area (TPSA) is 84.2 Å². The average Bonchev–Trinajstić information content (AvgIpc) is 2.49. The van der Waals surface area contributed by atoms with Crippen LogP contribution in [0.15, 0.2) is 23.0 Å². The van der Waals surface area contributed by atoms with E-state index in [4.69, 9.17) is 10.5 Å². The Morgan fingerprint density at radius 2 is 2.33 bits per heavy atom. The molecule has 21 heavy (non-hydrogen) atoms. The summed E-state index contributed by atoms with van der Waals surface area (Å²) in [4.78, 5) is 21.4. The first-order chi connectivity index (χ1) is 10.1. The smallest absolute Gasteiger partial charge is 0.260 e. The molecular weight excluding hydrogens is 268 g/mol. The molecule has 6 nitrogen and oxygen atoms in total. The Bertz CT molecular complexity index is 692. The molecule has 0 aliphatic carbocycles. The van der Waals surface area contributed by atoms with Crippen molar-refractivity contribution in [3.8, 4) is 0 Å². The Hall–Kier alpha value is -2.08. The van der Waals surface area contributed by atoms with Crippen LogP contribution in [0.5, 0.6) is 0 Å². The molecule has 3 rings (SSSR count). The molecular formula is C15H20N4O2. The SMILES string of the molecule is CN(CC1CCCCO1)c1nc2ccc(N)cc2c(=O)[nH]1. The molecule has 6 heteroatoms. The van der Waals surface area contributed by atoms with E-state index in [0.717, 1.165) is 26.0 Å². The first kappa shape index (κ1) is 13.9. The lowest BCUT2D eigenvalue weighted by Crippen LogP contribution is -2.35. The van der Waals surface area contributed by atoms with Crippen LogP contribution in [0.25, 0.3) is 10.9 Å². The van der Waals surface area contributed by atoms with Crippen LogP contribution in [-0.2, 0) is 4.74 Å². The van der Waals surface area contributed by atoms with E-state index in [1.54, 1.807) is 18.2 Å². The number of H-pyrrole nitrogens is 1. The van der Waals surface area contributed by atoms with Crippen molar-refractivity contribution >= 4 is 22.5 Å². The number of hydrogen-bond acceptors (Lipinski definition) is 5. The Morgan fingerprint density at radius 3 is 3.10 bits per heavy atom. The minimum absolute atomic E-state index is 0.168. The van der Waals surface area contributed by atoms with Crippen molar-refractivity contribution in [2.45, 2.75) is 25.4 Å². The van der Waals surface area contributed by atoms with Gasteiger partial charge in [-0.25, -0.2) is 4.98 Å². The fourth-order valence-electron chi connectivity index (χ4n) is 2.67. The number of aromatic nitrogens is 2. The highest BCUT2D eigenvalue weighted by Crippen LogP contribution is 2.17. The molecule has 2 heterocycles. The van der Waals surface area contributed by atoms with Crippen LogP contribution < -0.4 is 16.2 Å². The van der Waals surface area contributed by atoms with Crippen LogP contribution in [-0.4, -0.2) is 36.3 Å². The third kappa shape index (κ3) is 3.00. The lowest BCUT2D eigenvalue weighted by Gasteiger charge is -2.27. The van der Waals surface area contributed by atoms with E-state index >= 15 is 0 Å². The molecule has 1 unspecified atom stereocenters. The molecule has 3 N–H and O–H groups in total. The summed E-state index contributed by atoms with van der Waals surface area (Å²) >= 11 is 0. The highest BCUT2D eigenvalue weighted by atomic mass is 16.5. The largest absolute Gasteiger partial charge is 0.399 e. The summed E-state index contributed by atoms with van der Waals surface area (Å²) in [5, 5.41) is 0.515. The van der Waals surface area contributed by atoms with Gasteiger partial charge in [-0.1, -0.05) is 0 Å². The molecule has 1 aliphatic rings. The summed E-state index contributed by atoms with van der Waals surface area (Å²) in [6.45, 7) is 1.54. The summed E-state index contributed by atoms with van der Waals surface area (Å²) in [5.41, 5.74) is 6.75. The molecule has 2 aromatic rings. The van der Waals surface area contributed by atoms with Crippen LogP contribution in [0.3, 0.4) is 0 Å². The number of rotatable bonds is 3. The Morgan fingerprint density at radius 1 is 1.48 bits per heavy atom. The first-order valence-corrected chi connectivity index (χ1v) is 7.26. The second-order valence-electron chi connectivity index (χ2n) is 5.54. The van der Waals surface area contributed by atoms with Crippen LogP contribution >= 0.6 is 0 Å². The fourth-order valence-corrected chi connectivity index (χ4v) is 2.67. The van der Waals surface area contributed by atoms with Gasteiger partial charge in [-0.3, -0.25) is 9.78 Å². The van der Waals surface area contributed by atoms with Gasteiger partial charge in [0.1, 0.15) is 0 Å². The third-order valence-corrected chi connectivity index (χ3v) is 3.83. The van der Waals surface area contributed by atoms with E-state index in [2.05, 4.69) is 9.97 Å². The lowest BCUT2D eigenvalue weighted by molar-refractivity contribution is 0.0214.